The van der Waals surface area contributed by atoms with Crippen LogP contribution in [0.4, 0.5) is 0 Å². The fraction of sp³-hybridized carbons (Fsp3) is 0.211. The zero-order valence-electron chi connectivity index (χ0n) is 13.9. The number of aryl methyl sites for hydroxylation is 1. The molecule has 0 radical (unpaired) electrons. The van der Waals surface area contributed by atoms with Gasteiger partial charge in [-0.1, -0.05) is 18.2 Å². The van der Waals surface area contributed by atoms with Gasteiger partial charge >= 0.3 is 0 Å². The predicted molar refractivity (Wildman–Crippen MR) is 91.7 cm³/mol. The molecular formula is C19H19NO4. The lowest BCUT2D eigenvalue weighted by molar-refractivity contribution is 0.0924. The van der Waals surface area contributed by atoms with Crippen LogP contribution in [0.2, 0.25) is 0 Å². The van der Waals surface area contributed by atoms with Crippen LogP contribution in [0.5, 0.6) is 11.5 Å². The third kappa shape index (κ3) is 2.93. The number of fused-ring (bicyclic) bond motifs is 1. The number of benzene rings is 2. The summed E-state index contributed by atoms with van der Waals surface area (Å²) in [6, 6.07) is 13.1. The smallest absolute Gasteiger partial charge is 0.287 e. The molecule has 0 bridgehead atoms. The second kappa shape index (κ2) is 6.66. The van der Waals surface area contributed by atoms with Gasteiger partial charge in [0, 0.05) is 29.1 Å². The molecule has 24 heavy (non-hydrogen) atoms. The van der Waals surface area contributed by atoms with Crippen LogP contribution in [-0.4, -0.2) is 20.1 Å². The van der Waals surface area contributed by atoms with E-state index in [2.05, 4.69) is 5.32 Å². The largest absolute Gasteiger partial charge is 0.497 e. The number of hydrogen-bond acceptors (Lipinski definition) is 4. The molecule has 3 aromatic rings. The number of nitrogens with one attached hydrogen (secondary N) is 1. The zero-order chi connectivity index (χ0) is 17.1. The number of furan rings is 1. The van der Waals surface area contributed by atoms with Crippen LogP contribution in [0.3, 0.4) is 0 Å². The first-order chi connectivity index (χ1) is 11.6. The van der Waals surface area contributed by atoms with Gasteiger partial charge in [-0.3, -0.25) is 4.79 Å². The SMILES string of the molecule is COc1ccc(CNC(=O)c2oc3ccccc3c2C)c(OC)c1. The molecule has 0 aliphatic rings. The number of ether oxygens (including phenoxy) is 2. The van der Waals surface area contributed by atoms with Gasteiger partial charge in [0.2, 0.25) is 0 Å². The van der Waals surface area contributed by atoms with Gasteiger partial charge in [0.1, 0.15) is 17.1 Å². The Labute approximate surface area is 140 Å². The lowest BCUT2D eigenvalue weighted by Gasteiger charge is -2.11. The van der Waals surface area contributed by atoms with E-state index in [1.165, 1.54) is 0 Å². The summed E-state index contributed by atoms with van der Waals surface area (Å²) < 4.78 is 16.2. The molecule has 124 valence electrons. The number of carbonyl (C=O) groups is 1. The van der Waals surface area contributed by atoms with E-state index in [-0.39, 0.29) is 5.91 Å². The summed E-state index contributed by atoms with van der Waals surface area (Å²) in [5, 5.41) is 3.82. The molecular weight excluding hydrogens is 306 g/mol. The van der Waals surface area contributed by atoms with Gasteiger partial charge in [0.25, 0.3) is 5.91 Å². The van der Waals surface area contributed by atoms with Crippen molar-refractivity contribution in [2.45, 2.75) is 13.5 Å². The van der Waals surface area contributed by atoms with Crippen molar-refractivity contribution in [1.29, 1.82) is 0 Å². The van der Waals surface area contributed by atoms with E-state index in [0.29, 0.717) is 29.4 Å². The molecule has 1 aromatic heterocycles. The lowest BCUT2D eigenvalue weighted by Crippen LogP contribution is -2.23. The minimum Gasteiger partial charge on any atom is -0.497 e. The number of amides is 1. The van der Waals surface area contributed by atoms with Crippen molar-refractivity contribution in [3.63, 3.8) is 0 Å². The summed E-state index contributed by atoms with van der Waals surface area (Å²) in [7, 11) is 3.18. The van der Waals surface area contributed by atoms with Crippen molar-refractivity contribution >= 4 is 16.9 Å². The van der Waals surface area contributed by atoms with Gasteiger partial charge in [0.15, 0.2) is 5.76 Å². The number of carbonyl (C=O) groups excluding carboxylic acids is 1. The Morgan fingerprint density at radius 1 is 1.12 bits per heavy atom. The van der Waals surface area contributed by atoms with Gasteiger partial charge in [-0.2, -0.15) is 0 Å². The van der Waals surface area contributed by atoms with Gasteiger partial charge in [-0.05, 0) is 25.1 Å². The molecule has 0 saturated carbocycles. The maximum Gasteiger partial charge on any atom is 0.287 e. The summed E-state index contributed by atoms with van der Waals surface area (Å²) in [6.07, 6.45) is 0. The van der Waals surface area contributed by atoms with Crippen molar-refractivity contribution in [1.82, 2.24) is 5.32 Å². The predicted octanol–water partition coefficient (Wildman–Crippen LogP) is 3.69. The average Bonchev–Trinajstić information content (AvgIpc) is 2.96. The molecule has 1 amide bonds. The lowest BCUT2D eigenvalue weighted by atomic mass is 10.1. The van der Waals surface area contributed by atoms with E-state index in [4.69, 9.17) is 13.9 Å². The van der Waals surface area contributed by atoms with Crippen molar-refractivity contribution < 1.29 is 18.7 Å². The Bertz CT molecular complexity index is 882. The molecule has 0 aliphatic carbocycles. The first-order valence-electron chi connectivity index (χ1n) is 7.61. The third-order valence-corrected chi connectivity index (χ3v) is 3.98. The minimum atomic E-state index is -0.249. The first-order valence-corrected chi connectivity index (χ1v) is 7.61. The second-order valence-corrected chi connectivity index (χ2v) is 5.41. The molecule has 0 fully saturated rings. The van der Waals surface area contributed by atoms with E-state index >= 15 is 0 Å². The molecule has 2 aromatic carbocycles. The van der Waals surface area contributed by atoms with E-state index in [1.54, 1.807) is 20.3 Å². The van der Waals surface area contributed by atoms with Crippen molar-refractivity contribution in [2.24, 2.45) is 0 Å². The summed E-state index contributed by atoms with van der Waals surface area (Å²) >= 11 is 0. The fourth-order valence-corrected chi connectivity index (χ4v) is 2.64. The van der Waals surface area contributed by atoms with Gasteiger partial charge < -0.3 is 19.2 Å². The highest BCUT2D eigenvalue weighted by atomic mass is 16.5. The van der Waals surface area contributed by atoms with Gasteiger partial charge in [-0.25, -0.2) is 0 Å². The van der Waals surface area contributed by atoms with Crippen LogP contribution in [0.15, 0.2) is 46.9 Å². The van der Waals surface area contributed by atoms with Gasteiger partial charge in [-0.15, -0.1) is 0 Å². The number of para-hydroxylation sites is 1. The van der Waals surface area contributed by atoms with E-state index in [0.717, 1.165) is 16.5 Å². The highest BCUT2D eigenvalue weighted by Crippen LogP contribution is 2.26. The quantitative estimate of drug-likeness (QED) is 0.777. The van der Waals surface area contributed by atoms with Crippen LogP contribution >= 0.6 is 0 Å². The molecule has 5 heteroatoms. The maximum atomic E-state index is 12.5. The van der Waals surface area contributed by atoms with Crippen LogP contribution < -0.4 is 14.8 Å². The fourth-order valence-electron chi connectivity index (χ4n) is 2.64. The zero-order valence-corrected chi connectivity index (χ0v) is 13.9. The number of hydrogen-bond donors (Lipinski definition) is 1. The Morgan fingerprint density at radius 3 is 2.62 bits per heavy atom. The molecule has 5 nitrogen and oxygen atoms in total. The summed E-state index contributed by atoms with van der Waals surface area (Å²) in [5.74, 6) is 1.45. The molecule has 1 N–H and O–H groups in total. The second-order valence-electron chi connectivity index (χ2n) is 5.41. The number of rotatable bonds is 5. The van der Waals surface area contributed by atoms with Crippen molar-refractivity contribution in [3.05, 3.63) is 59.4 Å². The molecule has 3 rings (SSSR count). The maximum absolute atomic E-state index is 12.5. The Hall–Kier alpha value is -2.95. The Morgan fingerprint density at radius 2 is 1.92 bits per heavy atom. The summed E-state index contributed by atoms with van der Waals surface area (Å²) in [5.41, 5.74) is 2.41. The third-order valence-electron chi connectivity index (χ3n) is 3.98. The number of methoxy groups -OCH3 is 2. The minimum absolute atomic E-state index is 0.249. The topological polar surface area (TPSA) is 60.7 Å². The first kappa shape index (κ1) is 15.9. The summed E-state index contributed by atoms with van der Waals surface area (Å²) in [4.78, 5) is 12.5. The average molecular weight is 325 g/mol. The standard InChI is InChI=1S/C19H19NO4/c1-12-15-6-4-5-7-16(15)24-18(12)19(21)20-11-13-8-9-14(22-2)10-17(13)23-3/h4-10H,11H2,1-3H3,(H,20,21). The van der Waals surface area contributed by atoms with E-state index < -0.39 is 0 Å². The Balaban J connectivity index is 1.79. The van der Waals surface area contributed by atoms with Crippen molar-refractivity contribution in [2.75, 3.05) is 14.2 Å². The molecule has 0 saturated heterocycles. The normalized spacial score (nSPS) is 10.6. The molecule has 0 atom stereocenters. The molecule has 0 unspecified atom stereocenters. The highest BCUT2D eigenvalue weighted by molar-refractivity contribution is 5.98. The molecule has 1 heterocycles. The van der Waals surface area contributed by atoms with E-state index in [9.17, 15) is 4.79 Å². The van der Waals surface area contributed by atoms with Crippen LogP contribution in [0.1, 0.15) is 21.7 Å². The van der Waals surface area contributed by atoms with Crippen molar-refractivity contribution in [3.8, 4) is 11.5 Å². The van der Waals surface area contributed by atoms with Crippen LogP contribution in [0.25, 0.3) is 11.0 Å². The highest BCUT2D eigenvalue weighted by Gasteiger charge is 2.17. The van der Waals surface area contributed by atoms with Gasteiger partial charge in [0.05, 0.1) is 14.2 Å². The monoisotopic (exact) mass is 325 g/mol. The van der Waals surface area contributed by atoms with E-state index in [1.807, 2.05) is 43.3 Å². The molecule has 0 aliphatic heterocycles. The Kier molecular flexibility index (Phi) is 4.42. The summed E-state index contributed by atoms with van der Waals surface area (Å²) in [6.45, 7) is 2.22. The van der Waals surface area contributed by atoms with Crippen LogP contribution in [-0.2, 0) is 6.54 Å². The molecule has 0 spiro atoms. The van der Waals surface area contributed by atoms with Crippen LogP contribution in [0, 0.1) is 6.92 Å².